The zero-order valence-electron chi connectivity index (χ0n) is 28.9. The molecule has 2 aliphatic rings. The summed E-state index contributed by atoms with van der Waals surface area (Å²) in [6, 6.07) is 0. The first-order valence-electron chi connectivity index (χ1n) is 16.9. The fourth-order valence-corrected chi connectivity index (χ4v) is 6.14. The number of carboxylic acid groups (broad SMARTS) is 3. The standard InChI is InChI=1S/C37H54O11/c1-6-7-8-20-36(48-35(45)18-17-33(41)42)23-29(13-9-26(3)22-34(43)44)46-37(24-36)21-19-28(5)31(47-37)15-11-25(2)10-14-30(38)27(4)12-16-32(39)40/h9-14,16,22,27-31,38H,6-8,15,17-21,23-24H2,1-5H3,(H,39,40)(H,41,42)(H,43,44)/t27-,28-,29-,30-,31+,36-,37-/m0/s1. The smallest absolute Gasteiger partial charge is 0.328 e. The summed E-state index contributed by atoms with van der Waals surface area (Å²) < 4.78 is 19.6. The number of carbonyl (C=O) groups is 4. The SMILES string of the molecule is CCCCC[C@]1(OC(=O)CCC(=O)O)C[C@H](C=CC(C)=CC(=O)O)O[C@]2(CC[C@H](C)[C@@H](CC=C(C)C=C[C@H](O)[C@@H](C)C=CC(=O)O)O2)C1. The van der Waals surface area contributed by atoms with Crippen LogP contribution in [0.1, 0.15) is 105 Å². The van der Waals surface area contributed by atoms with Gasteiger partial charge in [0, 0.05) is 37.3 Å². The van der Waals surface area contributed by atoms with Gasteiger partial charge < -0.3 is 34.6 Å². The maximum atomic E-state index is 13.0. The van der Waals surface area contributed by atoms with Crippen LogP contribution >= 0.6 is 0 Å². The highest BCUT2D eigenvalue weighted by molar-refractivity contribution is 5.81. The van der Waals surface area contributed by atoms with Crippen LogP contribution in [0.2, 0.25) is 0 Å². The Balaban J connectivity index is 2.37. The summed E-state index contributed by atoms with van der Waals surface area (Å²) in [4.78, 5) is 46.2. The highest BCUT2D eigenvalue weighted by Gasteiger charge is 2.54. The predicted molar refractivity (Wildman–Crippen MR) is 180 cm³/mol. The van der Waals surface area contributed by atoms with Crippen molar-refractivity contribution in [3.8, 4) is 0 Å². The van der Waals surface area contributed by atoms with Crippen LogP contribution in [0.5, 0.6) is 0 Å². The summed E-state index contributed by atoms with van der Waals surface area (Å²) in [7, 11) is 0. The lowest BCUT2D eigenvalue weighted by atomic mass is 9.77. The van der Waals surface area contributed by atoms with Crippen LogP contribution in [-0.2, 0) is 33.4 Å². The van der Waals surface area contributed by atoms with Crippen molar-refractivity contribution in [2.24, 2.45) is 11.8 Å². The van der Waals surface area contributed by atoms with Crippen molar-refractivity contribution in [1.29, 1.82) is 0 Å². The van der Waals surface area contributed by atoms with Gasteiger partial charge in [0.1, 0.15) is 5.60 Å². The van der Waals surface area contributed by atoms with E-state index in [1.165, 1.54) is 6.08 Å². The van der Waals surface area contributed by atoms with E-state index < -0.39 is 47.5 Å². The first kappa shape index (κ1) is 40.6. The van der Waals surface area contributed by atoms with Crippen LogP contribution < -0.4 is 0 Å². The van der Waals surface area contributed by atoms with Crippen LogP contribution in [0.4, 0.5) is 0 Å². The Bertz CT molecular complexity index is 1260. The molecule has 0 aromatic carbocycles. The molecular weight excluding hydrogens is 620 g/mol. The maximum absolute atomic E-state index is 13.0. The second-order valence-corrected chi connectivity index (χ2v) is 13.3. The molecule has 4 N–H and O–H groups in total. The van der Waals surface area contributed by atoms with E-state index in [0.29, 0.717) is 31.3 Å². The number of carboxylic acids is 3. The Kier molecular flexibility index (Phi) is 16.5. The van der Waals surface area contributed by atoms with E-state index in [9.17, 15) is 29.4 Å². The van der Waals surface area contributed by atoms with E-state index in [0.717, 1.165) is 43.4 Å². The molecule has 2 fully saturated rings. The monoisotopic (exact) mass is 674 g/mol. The number of hydrogen-bond donors (Lipinski definition) is 4. The molecule has 0 aromatic rings. The van der Waals surface area contributed by atoms with Crippen molar-refractivity contribution in [3.63, 3.8) is 0 Å². The topological polar surface area (TPSA) is 177 Å². The molecule has 0 aromatic heterocycles. The molecule has 11 nitrogen and oxygen atoms in total. The number of allylic oxidation sites excluding steroid dienone is 4. The summed E-state index contributed by atoms with van der Waals surface area (Å²) in [5.74, 6) is -5.09. The van der Waals surface area contributed by atoms with Gasteiger partial charge in [-0.2, -0.15) is 0 Å². The second kappa shape index (κ2) is 19.5. The van der Waals surface area contributed by atoms with E-state index in [1.54, 1.807) is 38.2 Å². The fourth-order valence-electron chi connectivity index (χ4n) is 6.14. The van der Waals surface area contributed by atoms with Gasteiger partial charge in [-0.15, -0.1) is 0 Å². The number of aliphatic carboxylic acids is 3. The third-order valence-corrected chi connectivity index (χ3v) is 8.86. The molecule has 0 bridgehead atoms. The molecule has 2 aliphatic heterocycles. The van der Waals surface area contributed by atoms with Gasteiger partial charge in [-0.25, -0.2) is 9.59 Å². The average molecular weight is 675 g/mol. The van der Waals surface area contributed by atoms with Crippen LogP contribution in [0.25, 0.3) is 0 Å². The van der Waals surface area contributed by atoms with Crippen LogP contribution in [0, 0.1) is 11.8 Å². The molecule has 1 spiro atoms. The zero-order chi connectivity index (χ0) is 35.9. The van der Waals surface area contributed by atoms with Crippen molar-refractivity contribution in [3.05, 3.63) is 59.8 Å². The minimum absolute atomic E-state index is 0.184. The van der Waals surface area contributed by atoms with Gasteiger partial charge in [-0.1, -0.05) is 75.6 Å². The molecule has 0 amide bonds. The van der Waals surface area contributed by atoms with Crippen molar-refractivity contribution in [2.75, 3.05) is 0 Å². The number of hydrogen-bond acceptors (Lipinski definition) is 8. The predicted octanol–water partition coefficient (Wildman–Crippen LogP) is 6.52. The van der Waals surface area contributed by atoms with E-state index in [1.807, 2.05) is 13.0 Å². The third kappa shape index (κ3) is 14.3. The zero-order valence-corrected chi connectivity index (χ0v) is 28.9. The van der Waals surface area contributed by atoms with Crippen LogP contribution in [-0.4, -0.2) is 74.0 Å². The van der Waals surface area contributed by atoms with Gasteiger partial charge in [0.25, 0.3) is 0 Å². The normalized spacial score (nSPS) is 28.2. The quantitative estimate of drug-likeness (QED) is 0.0539. The van der Waals surface area contributed by atoms with Gasteiger partial charge in [-0.3, -0.25) is 9.59 Å². The van der Waals surface area contributed by atoms with E-state index >= 15 is 0 Å². The molecule has 0 aliphatic carbocycles. The number of rotatable bonds is 18. The minimum Gasteiger partial charge on any atom is -0.481 e. The highest BCUT2D eigenvalue weighted by Crippen LogP contribution is 2.49. The molecule has 268 valence electrons. The number of aliphatic hydroxyl groups is 1. The lowest BCUT2D eigenvalue weighted by Crippen LogP contribution is -2.58. The van der Waals surface area contributed by atoms with E-state index in [2.05, 4.69) is 13.8 Å². The molecule has 11 heteroatoms. The molecule has 0 radical (unpaired) electrons. The molecule has 0 unspecified atom stereocenters. The molecular formula is C37H54O11. The first-order valence-corrected chi connectivity index (χ1v) is 16.9. The third-order valence-electron chi connectivity index (χ3n) is 8.86. The molecule has 2 saturated heterocycles. The first-order chi connectivity index (χ1) is 22.6. The van der Waals surface area contributed by atoms with E-state index in [-0.39, 0.29) is 37.2 Å². The average Bonchev–Trinajstić information content (AvgIpc) is 3.00. The lowest BCUT2D eigenvalue weighted by Gasteiger charge is -2.53. The Morgan fingerprint density at radius 1 is 0.958 bits per heavy atom. The molecule has 2 heterocycles. The number of carbonyl (C=O) groups excluding carboxylic acids is 1. The molecule has 48 heavy (non-hydrogen) atoms. The van der Waals surface area contributed by atoms with Crippen LogP contribution in [0.15, 0.2) is 59.8 Å². The van der Waals surface area contributed by atoms with Crippen molar-refractivity contribution >= 4 is 23.9 Å². The van der Waals surface area contributed by atoms with Gasteiger partial charge in [0.2, 0.25) is 0 Å². The molecule has 7 atom stereocenters. The summed E-state index contributed by atoms with van der Waals surface area (Å²) >= 11 is 0. The Morgan fingerprint density at radius 3 is 2.33 bits per heavy atom. The summed E-state index contributed by atoms with van der Waals surface area (Å²) in [5.41, 5.74) is 0.443. The number of esters is 1. The van der Waals surface area contributed by atoms with Gasteiger partial charge in [0.05, 0.1) is 31.2 Å². The maximum Gasteiger partial charge on any atom is 0.328 e. The summed E-state index contributed by atoms with van der Waals surface area (Å²) in [6.45, 7) is 9.50. The van der Waals surface area contributed by atoms with Gasteiger partial charge in [-0.05, 0) is 51.0 Å². The van der Waals surface area contributed by atoms with Crippen molar-refractivity contribution in [1.82, 2.24) is 0 Å². The largest absolute Gasteiger partial charge is 0.481 e. The Morgan fingerprint density at radius 2 is 1.69 bits per heavy atom. The molecule has 2 rings (SSSR count). The molecule has 0 saturated carbocycles. The van der Waals surface area contributed by atoms with Gasteiger partial charge in [0.15, 0.2) is 5.79 Å². The Labute approximate surface area is 284 Å². The van der Waals surface area contributed by atoms with Crippen molar-refractivity contribution < 1.29 is 53.8 Å². The number of aliphatic hydroxyl groups excluding tert-OH is 1. The Hall–Kier alpha value is -3.54. The second-order valence-electron chi connectivity index (χ2n) is 13.3. The van der Waals surface area contributed by atoms with E-state index in [4.69, 9.17) is 24.4 Å². The lowest BCUT2D eigenvalue weighted by molar-refractivity contribution is -0.342. The van der Waals surface area contributed by atoms with Crippen molar-refractivity contribution in [2.45, 2.75) is 135 Å². The summed E-state index contributed by atoms with van der Waals surface area (Å²) in [6.07, 6.45) is 15.9. The number of ether oxygens (including phenoxy) is 3. The van der Waals surface area contributed by atoms with Gasteiger partial charge >= 0.3 is 23.9 Å². The summed E-state index contributed by atoms with van der Waals surface area (Å²) in [5, 5.41) is 37.6. The fraction of sp³-hybridized carbons (Fsp3) is 0.622. The minimum atomic E-state index is -1.09. The number of unbranched alkanes of at least 4 members (excludes halogenated alkanes) is 2. The van der Waals surface area contributed by atoms with Crippen LogP contribution in [0.3, 0.4) is 0 Å². The highest BCUT2D eigenvalue weighted by atomic mass is 16.7.